The Morgan fingerprint density at radius 1 is 0.631 bits per heavy atom. The van der Waals surface area contributed by atoms with Gasteiger partial charge in [-0.25, -0.2) is 26.2 Å². The molecule has 14 nitrogen and oxygen atoms in total. The summed E-state index contributed by atoms with van der Waals surface area (Å²) in [5.74, 6) is 2.50. The molecule has 0 radical (unpaired) electrons. The number of fused-ring (bicyclic) bond motifs is 4. The van der Waals surface area contributed by atoms with Crippen molar-refractivity contribution in [3.05, 3.63) is 144 Å². The number of aryl methyl sites for hydroxylation is 4. The van der Waals surface area contributed by atoms with Gasteiger partial charge in [-0.15, -0.1) is 0 Å². The Hall–Kier alpha value is -6.49. The fourth-order valence-corrected chi connectivity index (χ4v) is 9.68. The van der Waals surface area contributed by atoms with Crippen molar-refractivity contribution < 1.29 is 26.3 Å². The highest BCUT2D eigenvalue weighted by atomic mass is 35.7. The molecule has 8 aromatic rings. The highest BCUT2D eigenvalue weighted by Crippen LogP contribution is 2.36. The third kappa shape index (κ3) is 10.1. The van der Waals surface area contributed by atoms with E-state index in [1.165, 1.54) is 6.07 Å². The number of ether oxygens (including phenoxy) is 2. The van der Waals surface area contributed by atoms with Gasteiger partial charge >= 0.3 is 0 Å². The largest absolute Gasteiger partial charge is 0.488 e. The molecule has 0 unspecified atom stereocenters. The van der Waals surface area contributed by atoms with Crippen LogP contribution in [-0.4, -0.2) is 57.6 Å². The first kappa shape index (κ1) is 45.1. The van der Waals surface area contributed by atoms with E-state index in [9.17, 15) is 16.8 Å². The topological polar surface area (TPSA) is 186 Å². The van der Waals surface area contributed by atoms with E-state index in [2.05, 4.69) is 24.9 Å². The summed E-state index contributed by atoms with van der Waals surface area (Å²) in [5, 5.41) is 10.9. The molecule has 0 spiro atoms. The van der Waals surface area contributed by atoms with Crippen LogP contribution >= 0.6 is 10.7 Å². The number of halogens is 1. The van der Waals surface area contributed by atoms with Crippen LogP contribution in [0.4, 0.5) is 11.6 Å². The number of pyridine rings is 2. The second-order valence-electron chi connectivity index (χ2n) is 17.2. The maximum absolute atomic E-state index is 13.3. The van der Waals surface area contributed by atoms with Gasteiger partial charge in [0.15, 0.2) is 0 Å². The van der Waals surface area contributed by atoms with Crippen LogP contribution in [0.5, 0.6) is 11.5 Å². The summed E-state index contributed by atoms with van der Waals surface area (Å²) in [6.45, 7) is 11.9. The number of sulfonamides is 1. The van der Waals surface area contributed by atoms with Gasteiger partial charge in [-0.1, -0.05) is 12.1 Å². The van der Waals surface area contributed by atoms with Crippen LogP contribution in [-0.2, 0) is 31.9 Å². The van der Waals surface area contributed by atoms with E-state index in [-0.39, 0.29) is 21.0 Å². The summed E-state index contributed by atoms with van der Waals surface area (Å²) in [4.78, 5) is 9.04. The van der Waals surface area contributed by atoms with E-state index in [1.54, 1.807) is 58.2 Å². The van der Waals surface area contributed by atoms with E-state index >= 15 is 0 Å². The molecule has 0 saturated heterocycles. The van der Waals surface area contributed by atoms with E-state index in [4.69, 9.17) is 25.9 Å². The van der Waals surface area contributed by atoms with Crippen LogP contribution in [0.2, 0.25) is 0 Å². The Morgan fingerprint density at radius 2 is 1.12 bits per heavy atom. The van der Waals surface area contributed by atoms with E-state index in [0.29, 0.717) is 17.3 Å². The molecule has 2 aliphatic heterocycles. The van der Waals surface area contributed by atoms with E-state index in [0.717, 1.165) is 87.2 Å². The Balaban J connectivity index is 0.000000147. The van der Waals surface area contributed by atoms with Gasteiger partial charge in [-0.05, 0) is 163 Å². The molecular weight excluding hydrogens is 884 g/mol. The van der Waals surface area contributed by atoms with Gasteiger partial charge < -0.3 is 15.2 Å². The first-order valence-corrected chi connectivity index (χ1v) is 24.7. The number of hydrogen-bond donors (Lipinski definition) is 2. The zero-order valence-corrected chi connectivity index (χ0v) is 39.2. The molecule has 0 aliphatic carbocycles. The number of nitrogen functional groups attached to an aromatic ring is 1. The first-order chi connectivity index (χ1) is 30.7. The molecule has 4 aromatic heterocycles. The quantitative estimate of drug-likeness (QED) is 0.151. The van der Waals surface area contributed by atoms with Crippen LogP contribution in [0.15, 0.2) is 131 Å². The lowest BCUT2D eigenvalue weighted by molar-refractivity contribution is 0.0841. The molecule has 10 rings (SSSR count). The summed E-state index contributed by atoms with van der Waals surface area (Å²) in [6.07, 6.45) is 6.78. The van der Waals surface area contributed by atoms with Crippen LogP contribution < -0.4 is 19.9 Å². The van der Waals surface area contributed by atoms with Crippen molar-refractivity contribution in [3.8, 4) is 22.9 Å². The van der Waals surface area contributed by atoms with E-state index in [1.807, 2.05) is 108 Å². The second-order valence-corrected chi connectivity index (χ2v) is 21.5. The van der Waals surface area contributed by atoms with Crippen molar-refractivity contribution in [1.82, 2.24) is 29.5 Å². The van der Waals surface area contributed by atoms with Crippen LogP contribution in [0.3, 0.4) is 0 Å². The fourth-order valence-electron chi connectivity index (χ4n) is 7.80. The molecule has 0 saturated carbocycles. The molecule has 65 heavy (non-hydrogen) atoms. The highest BCUT2D eigenvalue weighted by molar-refractivity contribution is 8.13. The third-order valence-electron chi connectivity index (χ3n) is 11.1. The van der Waals surface area contributed by atoms with Gasteiger partial charge in [0, 0.05) is 46.0 Å². The smallest absolute Gasteiger partial charge is 0.263 e. The standard InChI is InChI=1S/C24H24N4O3S.C13H12N4.C11H13ClO3S/c1-16-14-23(28(26-16)21-8-4-7-20-19(21)6-5-13-25-20)27-32(29,30)18-9-10-22-17(15-18)11-12-24(2,3)31-22;1-9-8-13(14)17(16-9)12-6-2-5-11-10(12)4-3-7-15-11;1-11(2)6-5-8-7-9(16(12,13)14)3-4-10(8)15-11/h4-10,13-15,27H,11-12H2,1-3H3;2-8H,14H2,1H3;3-4,7H,5-6H2,1-2H3. The van der Waals surface area contributed by atoms with Crippen LogP contribution in [0.25, 0.3) is 33.2 Å². The minimum absolute atomic E-state index is 0.135. The molecule has 3 N–H and O–H groups in total. The average molecular weight is 934 g/mol. The van der Waals surface area contributed by atoms with Gasteiger partial charge in [0.05, 0.1) is 43.6 Å². The maximum atomic E-state index is 13.3. The van der Waals surface area contributed by atoms with Crippen molar-refractivity contribution in [2.24, 2.45) is 0 Å². The number of benzene rings is 4. The van der Waals surface area contributed by atoms with Crippen LogP contribution in [0, 0.1) is 13.8 Å². The average Bonchev–Trinajstić information content (AvgIpc) is 3.80. The molecule has 0 fully saturated rings. The lowest BCUT2D eigenvalue weighted by atomic mass is 9.94. The molecule has 2 aliphatic rings. The number of aromatic nitrogens is 6. The van der Waals surface area contributed by atoms with Gasteiger partial charge in [-0.2, -0.15) is 10.2 Å². The van der Waals surface area contributed by atoms with Crippen molar-refractivity contribution in [2.45, 2.75) is 88.2 Å². The predicted octanol–water partition coefficient (Wildman–Crippen LogP) is 9.66. The molecular formula is C48H49ClN8O6S2. The molecule has 17 heteroatoms. The minimum Gasteiger partial charge on any atom is -0.488 e. The normalized spacial score (nSPS) is 14.9. The SMILES string of the molecule is CC1(C)CCc2cc(S(=O)(=O)Cl)ccc2O1.Cc1cc(N)n(-c2cccc3ncccc23)n1.Cc1cc(NS(=O)(=O)c2ccc3c(c2)CCC(C)(C)O3)n(-c2cccc3ncccc23)n1. The summed E-state index contributed by atoms with van der Waals surface area (Å²) in [7, 11) is -2.19. The summed E-state index contributed by atoms with van der Waals surface area (Å²) in [5.41, 5.74) is 12.4. The summed E-state index contributed by atoms with van der Waals surface area (Å²) in [6, 6.07) is 32.7. The summed E-state index contributed by atoms with van der Waals surface area (Å²) < 4.78 is 66.7. The number of nitrogens with one attached hydrogen (secondary N) is 1. The monoisotopic (exact) mass is 932 g/mol. The second kappa shape index (κ2) is 17.5. The number of nitrogens with two attached hydrogens (primary N) is 1. The third-order valence-corrected chi connectivity index (χ3v) is 13.8. The first-order valence-electron chi connectivity index (χ1n) is 20.9. The Labute approximate surface area is 382 Å². The number of nitrogens with zero attached hydrogens (tertiary/aromatic N) is 6. The van der Waals surface area contributed by atoms with Crippen molar-refractivity contribution in [1.29, 1.82) is 0 Å². The van der Waals surface area contributed by atoms with Crippen molar-refractivity contribution in [3.63, 3.8) is 0 Å². The predicted molar refractivity (Wildman–Crippen MR) is 254 cm³/mol. The van der Waals surface area contributed by atoms with Crippen molar-refractivity contribution >= 4 is 63.2 Å². The molecule has 6 heterocycles. The van der Waals surface area contributed by atoms with Crippen molar-refractivity contribution in [2.75, 3.05) is 10.5 Å². The molecule has 0 atom stereocenters. The van der Waals surface area contributed by atoms with Gasteiger partial charge in [-0.3, -0.25) is 14.7 Å². The minimum atomic E-state index is -3.83. The van der Waals surface area contributed by atoms with Gasteiger partial charge in [0.2, 0.25) is 0 Å². The number of rotatable bonds is 6. The number of anilines is 2. The fraction of sp³-hybridized carbons (Fsp3) is 0.250. The van der Waals surface area contributed by atoms with Gasteiger partial charge in [0.25, 0.3) is 19.1 Å². The lowest BCUT2D eigenvalue weighted by Gasteiger charge is -2.32. The lowest BCUT2D eigenvalue weighted by Crippen LogP contribution is -2.32. The maximum Gasteiger partial charge on any atom is 0.263 e. The molecule has 0 amide bonds. The Morgan fingerprint density at radius 3 is 1.65 bits per heavy atom. The molecule has 4 aromatic carbocycles. The Kier molecular flexibility index (Phi) is 12.1. The zero-order valence-electron chi connectivity index (χ0n) is 36.8. The molecule has 0 bridgehead atoms. The Bertz CT molecular complexity index is 3300. The summed E-state index contributed by atoms with van der Waals surface area (Å²) >= 11 is 0. The van der Waals surface area contributed by atoms with Gasteiger partial charge in [0.1, 0.15) is 34.3 Å². The molecule has 336 valence electrons. The van der Waals surface area contributed by atoms with E-state index < -0.39 is 19.1 Å². The zero-order chi connectivity index (χ0) is 46.3. The highest BCUT2D eigenvalue weighted by Gasteiger charge is 2.29. The number of hydrogen-bond acceptors (Lipinski definition) is 11. The van der Waals surface area contributed by atoms with Crippen LogP contribution in [0.1, 0.15) is 63.1 Å².